The van der Waals surface area contributed by atoms with Crippen molar-refractivity contribution >= 4 is 35.0 Å². The number of pyridine rings is 1. The summed E-state index contributed by atoms with van der Waals surface area (Å²) in [5.74, 6) is 1.11. The Kier molecular flexibility index (Phi) is 2.99. The van der Waals surface area contributed by atoms with Crippen molar-refractivity contribution in [2.24, 2.45) is 0 Å². The van der Waals surface area contributed by atoms with Crippen LogP contribution in [-0.2, 0) is 0 Å². The van der Waals surface area contributed by atoms with E-state index in [1.807, 2.05) is 0 Å². The highest BCUT2D eigenvalue weighted by Gasteiger charge is 2.07. The van der Waals surface area contributed by atoms with E-state index in [0.29, 0.717) is 16.7 Å². The van der Waals surface area contributed by atoms with Gasteiger partial charge in [0.15, 0.2) is 5.82 Å². The van der Waals surface area contributed by atoms with Gasteiger partial charge in [-0.1, -0.05) is 11.6 Å². The van der Waals surface area contributed by atoms with Crippen molar-refractivity contribution in [3.63, 3.8) is 0 Å². The maximum absolute atomic E-state index is 6.02. The first-order chi connectivity index (χ1) is 7.27. The van der Waals surface area contributed by atoms with Crippen LogP contribution < -0.4 is 4.42 Å². The van der Waals surface area contributed by atoms with Crippen LogP contribution in [0.4, 0.5) is 11.6 Å². The molecule has 0 unspecified atom stereocenters. The summed E-state index contributed by atoms with van der Waals surface area (Å²) in [4.78, 5) is 11.8. The van der Waals surface area contributed by atoms with Gasteiger partial charge in [0.1, 0.15) is 12.1 Å². The van der Waals surface area contributed by atoms with E-state index < -0.39 is 0 Å². The molecule has 0 atom stereocenters. The van der Waals surface area contributed by atoms with Gasteiger partial charge >= 0.3 is 0 Å². The molecule has 0 bridgehead atoms. The number of hydrogen-bond acceptors (Lipinski definition) is 4. The summed E-state index contributed by atoms with van der Waals surface area (Å²) < 4.78 is 1.33. The van der Waals surface area contributed by atoms with Gasteiger partial charge in [-0.2, -0.15) is 0 Å². The van der Waals surface area contributed by atoms with E-state index in [-0.39, 0.29) is 0 Å². The van der Waals surface area contributed by atoms with Gasteiger partial charge in [-0.15, -0.1) is 0 Å². The van der Waals surface area contributed by atoms with Crippen molar-refractivity contribution in [2.75, 3.05) is 4.42 Å². The van der Waals surface area contributed by atoms with Crippen LogP contribution in [0, 0.1) is 0 Å². The van der Waals surface area contributed by atoms with Crippen LogP contribution in [0.2, 0.25) is 5.02 Å². The maximum Gasteiger partial charge on any atom is 0.152 e. The van der Waals surface area contributed by atoms with Crippen LogP contribution in [0.1, 0.15) is 0 Å². The molecule has 0 spiro atoms. The first-order valence-corrected chi connectivity index (χ1v) is 4.82. The van der Waals surface area contributed by atoms with Crippen LogP contribution in [0.25, 0.3) is 0 Å². The Balaban J connectivity index is 2.29. The number of nitrogens with zero attached hydrogens (tertiary/aromatic N) is 4. The monoisotopic (exact) mass is 240 g/mol. The molecule has 4 nitrogen and oxygen atoms in total. The second kappa shape index (κ2) is 4.42. The fourth-order valence-electron chi connectivity index (χ4n) is 1.00. The molecule has 0 N–H and O–H groups in total. The topological polar surface area (TPSA) is 41.9 Å². The normalized spacial score (nSPS) is 10.0. The largest absolute Gasteiger partial charge is 0.245 e. The third kappa shape index (κ3) is 2.34. The summed E-state index contributed by atoms with van der Waals surface area (Å²) >= 11 is 11.7. The number of aromatic nitrogens is 3. The minimum atomic E-state index is 0.555. The minimum absolute atomic E-state index is 0.555. The van der Waals surface area contributed by atoms with Crippen molar-refractivity contribution in [3.05, 3.63) is 41.9 Å². The first-order valence-electron chi connectivity index (χ1n) is 4.11. The fraction of sp³-hybridized carbons (Fsp3) is 0. The van der Waals surface area contributed by atoms with Crippen LogP contribution in [-0.4, -0.2) is 15.0 Å². The Labute approximate surface area is 96.6 Å². The lowest BCUT2D eigenvalue weighted by Crippen LogP contribution is -2.05. The van der Waals surface area contributed by atoms with E-state index >= 15 is 0 Å². The fourth-order valence-corrected chi connectivity index (χ4v) is 1.31. The Morgan fingerprint density at radius 2 is 1.87 bits per heavy atom. The third-order valence-corrected chi connectivity index (χ3v) is 2.25. The van der Waals surface area contributed by atoms with Gasteiger partial charge in [0.2, 0.25) is 0 Å². The number of hydrogen-bond donors (Lipinski definition) is 0. The molecule has 0 aromatic carbocycles. The van der Waals surface area contributed by atoms with Crippen molar-refractivity contribution in [3.8, 4) is 0 Å². The predicted octanol–water partition coefficient (Wildman–Crippen LogP) is 2.82. The minimum Gasteiger partial charge on any atom is -0.245 e. The molecule has 0 saturated heterocycles. The molecule has 0 aliphatic carbocycles. The maximum atomic E-state index is 6.02. The molecule has 0 amide bonds. The van der Waals surface area contributed by atoms with E-state index in [1.165, 1.54) is 16.9 Å². The van der Waals surface area contributed by atoms with Crippen LogP contribution >= 0.6 is 23.4 Å². The number of rotatable bonds is 2. The number of halogens is 2. The Hall–Kier alpha value is -1.39. The zero-order valence-corrected chi connectivity index (χ0v) is 9.02. The van der Waals surface area contributed by atoms with Gasteiger partial charge in [-0.3, -0.25) is 0 Å². The summed E-state index contributed by atoms with van der Waals surface area (Å²) in [5.41, 5.74) is 0. The van der Waals surface area contributed by atoms with Crippen molar-refractivity contribution in [1.82, 2.24) is 15.0 Å². The SMILES string of the molecule is Clc1ccc(N(Cl)c2ccncn2)nc1. The van der Waals surface area contributed by atoms with E-state index in [0.717, 1.165) is 0 Å². The average Bonchev–Trinajstić information content (AvgIpc) is 2.30. The smallest absolute Gasteiger partial charge is 0.152 e. The molecule has 0 radical (unpaired) electrons. The van der Waals surface area contributed by atoms with E-state index in [9.17, 15) is 0 Å². The van der Waals surface area contributed by atoms with Gasteiger partial charge in [0, 0.05) is 30.2 Å². The Morgan fingerprint density at radius 1 is 1.07 bits per heavy atom. The highest BCUT2D eigenvalue weighted by Crippen LogP contribution is 2.23. The zero-order chi connectivity index (χ0) is 10.7. The lowest BCUT2D eigenvalue weighted by Gasteiger charge is -2.12. The van der Waals surface area contributed by atoms with Gasteiger partial charge in [0.25, 0.3) is 0 Å². The molecule has 15 heavy (non-hydrogen) atoms. The van der Waals surface area contributed by atoms with Crippen molar-refractivity contribution in [2.45, 2.75) is 0 Å². The predicted molar refractivity (Wildman–Crippen MR) is 59.3 cm³/mol. The molecule has 0 fully saturated rings. The molecule has 0 aliphatic heterocycles. The molecule has 2 heterocycles. The molecule has 6 heteroatoms. The molecule has 0 saturated carbocycles. The quantitative estimate of drug-likeness (QED) is 0.758. The van der Waals surface area contributed by atoms with Crippen molar-refractivity contribution in [1.29, 1.82) is 0 Å². The Bertz CT molecular complexity index is 432. The van der Waals surface area contributed by atoms with Gasteiger partial charge in [-0.05, 0) is 12.1 Å². The highest BCUT2D eigenvalue weighted by atomic mass is 35.5. The van der Waals surface area contributed by atoms with Crippen molar-refractivity contribution < 1.29 is 0 Å². The molecule has 76 valence electrons. The lowest BCUT2D eigenvalue weighted by molar-refractivity contribution is 1.12. The average molecular weight is 241 g/mol. The van der Waals surface area contributed by atoms with E-state index in [2.05, 4.69) is 15.0 Å². The molecule has 0 aliphatic rings. The van der Waals surface area contributed by atoms with Gasteiger partial charge < -0.3 is 0 Å². The van der Waals surface area contributed by atoms with Crippen LogP contribution in [0.3, 0.4) is 0 Å². The molecular weight excluding hydrogens is 235 g/mol. The standard InChI is InChI=1S/C9H6Cl2N4/c10-7-1-2-8(13-5-7)15(11)9-3-4-12-6-14-9/h1-6H. The van der Waals surface area contributed by atoms with Crippen LogP contribution in [0.5, 0.6) is 0 Å². The highest BCUT2D eigenvalue weighted by molar-refractivity contribution is 6.31. The third-order valence-electron chi connectivity index (χ3n) is 1.68. The van der Waals surface area contributed by atoms with E-state index in [1.54, 1.807) is 24.4 Å². The summed E-state index contributed by atoms with van der Waals surface area (Å²) in [6.07, 6.45) is 4.54. The second-order valence-electron chi connectivity index (χ2n) is 2.68. The van der Waals surface area contributed by atoms with Gasteiger partial charge in [0.05, 0.1) is 5.02 Å². The van der Waals surface area contributed by atoms with Crippen LogP contribution in [0.15, 0.2) is 36.9 Å². The first kappa shape index (κ1) is 10.1. The van der Waals surface area contributed by atoms with Gasteiger partial charge in [-0.25, -0.2) is 19.4 Å². The summed E-state index contributed by atoms with van der Waals surface area (Å²) in [5, 5.41) is 0.562. The zero-order valence-electron chi connectivity index (χ0n) is 7.51. The summed E-state index contributed by atoms with van der Waals surface area (Å²) in [7, 11) is 0. The molecule has 2 rings (SSSR count). The Morgan fingerprint density at radius 3 is 2.47 bits per heavy atom. The molecule has 2 aromatic heterocycles. The lowest BCUT2D eigenvalue weighted by atomic mass is 10.4. The molecule has 2 aromatic rings. The summed E-state index contributed by atoms with van der Waals surface area (Å²) in [6.45, 7) is 0. The molecular formula is C9H6Cl2N4. The number of anilines is 2. The summed E-state index contributed by atoms with van der Waals surface area (Å²) in [6, 6.07) is 5.10. The van der Waals surface area contributed by atoms with E-state index in [4.69, 9.17) is 23.4 Å². The second-order valence-corrected chi connectivity index (χ2v) is 3.46.